The van der Waals surface area contributed by atoms with Gasteiger partial charge in [-0.1, -0.05) is 19.4 Å². The highest BCUT2D eigenvalue weighted by molar-refractivity contribution is 7.10. The van der Waals surface area contributed by atoms with Gasteiger partial charge in [0, 0.05) is 4.88 Å². The van der Waals surface area contributed by atoms with Crippen LogP contribution in [0.4, 0.5) is 0 Å². The fourth-order valence-electron chi connectivity index (χ4n) is 2.50. The normalized spacial score (nSPS) is 31.9. The molecule has 0 spiro atoms. The van der Waals surface area contributed by atoms with Crippen molar-refractivity contribution in [2.24, 2.45) is 5.92 Å². The molecule has 3 heteroatoms. The zero-order valence-corrected chi connectivity index (χ0v) is 9.01. The number of rotatable bonds is 2. The minimum atomic E-state index is -0.648. The lowest BCUT2D eigenvalue weighted by atomic mass is 9.77. The maximum absolute atomic E-state index is 11.4. The molecule has 0 bridgehead atoms. The average molecular weight is 210 g/mol. The van der Waals surface area contributed by atoms with Crippen molar-refractivity contribution >= 4 is 17.3 Å². The predicted octanol–water partition coefficient (Wildman–Crippen LogP) is 2.89. The Morgan fingerprint density at radius 3 is 2.93 bits per heavy atom. The van der Waals surface area contributed by atoms with E-state index in [4.69, 9.17) is 0 Å². The third-order valence-corrected chi connectivity index (χ3v) is 4.44. The van der Waals surface area contributed by atoms with Crippen LogP contribution in [0.2, 0.25) is 0 Å². The third-order valence-electron chi connectivity index (χ3n) is 3.39. The van der Waals surface area contributed by atoms with E-state index in [0.717, 1.165) is 24.1 Å². The topological polar surface area (TPSA) is 37.3 Å². The first-order valence-corrected chi connectivity index (χ1v) is 5.83. The quantitative estimate of drug-likeness (QED) is 0.815. The first-order valence-electron chi connectivity index (χ1n) is 4.95. The standard InChI is InChI=1S/C11H14O2S/c1-8-4-2-6-11(8,10(12)13)9-5-3-7-14-9/h3,5,7-8H,2,4,6H2,1H3,(H,12,13). The van der Waals surface area contributed by atoms with Crippen LogP contribution in [-0.2, 0) is 10.2 Å². The van der Waals surface area contributed by atoms with Gasteiger partial charge in [0.05, 0.1) is 0 Å². The summed E-state index contributed by atoms with van der Waals surface area (Å²) in [6.45, 7) is 2.06. The minimum Gasteiger partial charge on any atom is -0.481 e. The Bertz CT molecular complexity index is 331. The largest absolute Gasteiger partial charge is 0.481 e. The first-order chi connectivity index (χ1) is 6.68. The van der Waals surface area contributed by atoms with Gasteiger partial charge in [-0.15, -0.1) is 11.3 Å². The fourth-order valence-corrected chi connectivity index (χ4v) is 3.56. The highest BCUT2D eigenvalue weighted by atomic mass is 32.1. The summed E-state index contributed by atoms with van der Waals surface area (Å²) < 4.78 is 0. The SMILES string of the molecule is CC1CCCC1(C(=O)O)c1cccs1. The number of carboxylic acids is 1. The van der Waals surface area contributed by atoms with E-state index in [1.807, 2.05) is 17.5 Å². The van der Waals surface area contributed by atoms with Gasteiger partial charge in [-0.25, -0.2) is 0 Å². The molecule has 1 heterocycles. The monoisotopic (exact) mass is 210 g/mol. The van der Waals surface area contributed by atoms with E-state index in [0.29, 0.717) is 0 Å². The van der Waals surface area contributed by atoms with Gasteiger partial charge < -0.3 is 5.11 Å². The van der Waals surface area contributed by atoms with Gasteiger partial charge in [0.15, 0.2) is 0 Å². The molecular weight excluding hydrogens is 196 g/mol. The summed E-state index contributed by atoms with van der Waals surface area (Å²) >= 11 is 1.57. The highest BCUT2D eigenvalue weighted by Gasteiger charge is 2.48. The number of carboxylic acid groups (broad SMARTS) is 1. The Morgan fingerprint density at radius 1 is 1.71 bits per heavy atom. The maximum atomic E-state index is 11.4. The summed E-state index contributed by atoms with van der Waals surface area (Å²) in [6, 6.07) is 3.90. The molecule has 2 rings (SSSR count). The summed E-state index contributed by atoms with van der Waals surface area (Å²) in [4.78, 5) is 12.5. The molecule has 2 unspecified atom stereocenters. The Labute approximate surface area is 87.6 Å². The van der Waals surface area contributed by atoms with Gasteiger partial charge in [0.25, 0.3) is 0 Å². The van der Waals surface area contributed by atoms with Crippen LogP contribution in [0, 0.1) is 5.92 Å². The van der Waals surface area contributed by atoms with Crippen LogP contribution < -0.4 is 0 Å². The van der Waals surface area contributed by atoms with Crippen molar-refractivity contribution in [3.8, 4) is 0 Å². The molecule has 1 aliphatic carbocycles. The molecule has 1 aliphatic rings. The number of carbonyl (C=O) groups is 1. The van der Waals surface area contributed by atoms with Crippen LogP contribution in [-0.4, -0.2) is 11.1 Å². The summed E-state index contributed by atoms with van der Waals surface area (Å²) in [5, 5.41) is 11.4. The Kier molecular flexibility index (Phi) is 2.35. The average Bonchev–Trinajstić information content (AvgIpc) is 2.72. The van der Waals surface area contributed by atoms with Crippen LogP contribution in [0.15, 0.2) is 17.5 Å². The smallest absolute Gasteiger partial charge is 0.315 e. The molecule has 2 atom stereocenters. The van der Waals surface area contributed by atoms with Crippen LogP contribution in [0.5, 0.6) is 0 Å². The molecule has 14 heavy (non-hydrogen) atoms. The zero-order chi connectivity index (χ0) is 10.2. The molecular formula is C11H14O2S. The summed E-state index contributed by atoms with van der Waals surface area (Å²) in [5.41, 5.74) is -0.589. The van der Waals surface area contributed by atoms with Crippen molar-refractivity contribution in [1.29, 1.82) is 0 Å². The number of aliphatic carboxylic acids is 1. The van der Waals surface area contributed by atoms with Crippen molar-refractivity contribution in [2.45, 2.75) is 31.6 Å². The summed E-state index contributed by atoms with van der Waals surface area (Å²) in [6.07, 6.45) is 2.86. The lowest BCUT2D eigenvalue weighted by molar-refractivity contribution is -0.145. The van der Waals surface area contributed by atoms with Gasteiger partial charge in [-0.2, -0.15) is 0 Å². The molecule has 1 aromatic rings. The molecule has 0 radical (unpaired) electrons. The molecule has 0 amide bonds. The van der Waals surface area contributed by atoms with E-state index >= 15 is 0 Å². The molecule has 76 valence electrons. The van der Waals surface area contributed by atoms with Crippen LogP contribution in [0.1, 0.15) is 31.1 Å². The molecule has 0 saturated heterocycles. The van der Waals surface area contributed by atoms with Crippen molar-refractivity contribution in [3.63, 3.8) is 0 Å². The predicted molar refractivity (Wildman–Crippen MR) is 56.6 cm³/mol. The number of hydrogen-bond acceptors (Lipinski definition) is 2. The van der Waals surface area contributed by atoms with Crippen LogP contribution >= 0.6 is 11.3 Å². The van der Waals surface area contributed by atoms with Gasteiger partial charge in [0.1, 0.15) is 5.41 Å². The van der Waals surface area contributed by atoms with E-state index in [2.05, 4.69) is 6.92 Å². The van der Waals surface area contributed by atoms with Crippen molar-refractivity contribution < 1.29 is 9.90 Å². The van der Waals surface area contributed by atoms with Crippen LogP contribution in [0.3, 0.4) is 0 Å². The van der Waals surface area contributed by atoms with E-state index in [9.17, 15) is 9.90 Å². The Morgan fingerprint density at radius 2 is 2.50 bits per heavy atom. The molecule has 2 nitrogen and oxygen atoms in total. The number of thiophene rings is 1. The molecule has 0 aliphatic heterocycles. The second-order valence-electron chi connectivity index (χ2n) is 4.05. The van der Waals surface area contributed by atoms with Gasteiger partial charge >= 0.3 is 5.97 Å². The highest BCUT2D eigenvalue weighted by Crippen LogP contribution is 2.47. The van der Waals surface area contributed by atoms with Crippen molar-refractivity contribution in [1.82, 2.24) is 0 Å². The third kappa shape index (κ3) is 1.19. The lowest BCUT2D eigenvalue weighted by Gasteiger charge is -2.27. The second-order valence-corrected chi connectivity index (χ2v) is 4.99. The Balaban J connectivity index is 2.46. The molecule has 1 saturated carbocycles. The zero-order valence-electron chi connectivity index (χ0n) is 8.19. The van der Waals surface area contributed by atoms with E-state index in [-0.39, 0.29) is 5.92 Å². The first kappa shape index (κ1) is 9.71. The molecule has 1 aromatic heterocycles. The van der Waals surface area contributed by atoms with Gasteiger partial charge in [-0.05, 0) is 30.2 Å². The van der Waals surface area contributed by atoms with Crippen LogP contribution in [0.25, 0.3) is 0 Å². The molecule has 0 aromatic carbocycles. The second kappa shape index (κ2) is 3.39. The molecule has 1 fully saturated rings. The van der Waals surface area contributed by atoms with E-state index < -0.39 is 11.4 Å². The lowest BCUT2D eigenvalue weighted by Crippen LogP contribution is -2.37. The minimum absolute atomic E-state index is 0.263. The van der Waals surface area contributed by atoms with E-state index in [1.54, 1.807) is 11.3 Å². The number of hydrogen-bond donors (Lipinski definition) is 1. The summed E-state index contributed by atoms with van der Waals surface area (Å²) in [7, 11) is 0. The van der Waals surface area contributed by atoms with Gasteiger partial charge in [-0.3, -0.25) is 4.79 Å². The van der Waals surface area contributed by atoms with Crippen molar-refractivity contribution in [3.05, 3.63) is 22.4 Å². The van der Waals surface area contributed by atoms with Gasteiger partial charge in [0.2, 0.25) is 0 Å². The fraction of sp³-hybridized carbons (Fsp3) is 0.545. The van der Waals surface area contributed by atoms with Crippen molar-refractivity contribution in [2.75, 3.05) is 0 Å². The molecule has 1 N–H and O–H groups in total. The summed E-state index contributed by atoms with van der Waals surface area (Å²) in [5.74, 6) is -0.386. The maximum Gasteiger partial charge on any atom is 0.315 e. The Hall–Kier alpha value is -0.830. The van der Waals surface area contributed by atoms with E-state index in [1.165, 1.54) is 0 Å².